The normalized spacial score (nSPS) is 27.3. The molecule has 0 fully saturated rings. The second-order valence-electron chi connectivity index (χ2n) is 6.91. The molecular formula is C21H24O5. The second-order valence-corrected chi connectivity index (χ2v) is 6.91. The highest BCUT2D eigenvalue weighted by molar-refractivity contribution is 6.20. The van der Waals surface area contributed by atoms with Crippen molar-refractivity contribution in [2.75, 3.05) is 0 Å². The predicted molar refractivity (Wildman–Crippen MR) is 96.8 cm³/mol. The van der Waals surface area contributed by atoms with E-state index in [4.69, 9.17) is 9.47 Å². The van der Waals surface area contributed by atoms with Crippen molar-refractivity contribution in [1.82, 2.24) is 0 Å². The summed E-state index contributed by atoms with van der Waals surface area (Å²) in [6.07, 6.45) is 10.6. The Hall–Kier alpha value is -2.40. The molecule has 0 saturated carbocycles. The van der Waals surface area contributed by atoms with Crippen molar-refractivity contribution in [3.05, 3.63) is 58.6 Å². The van der Waals surface area contributed by atoms with Crippen molar-refractivity contribution >= 4 is 11.8 Å². The number of aliphatic hydroxyl groups is 1. The number of allylic oxidation sites excluding steroid dienone is 3. The third kappa shape index (κ3) is 2.97. The van der Waals surface area contributed by atoms with E-state index in [2.05, 4.69) is 6.92 Å². The van der Waals surface area contributed by atoms with Gasteiger partial charge in [-0.15, -0.1) is 0 Å². The van der Waals surface area contributed by atoms with E-state index < -0.39 is 17.7 Å². The molecule has 5 heteroatoms. The largest absolute Gasteiger partial charge is 0.465 e. The fourth-order valence-corrected chi connectivity index (χ4v) is 3.52. The van der Waals surface area contributed by atoms with E-state index in [-0.39, 0.29) is 11.4 Å². The summed E-state index contributed by atoms with van der Waals surface area (Å²) < 4.78 is 11.0. The molecule has 0 bridgehead atoms. The first-order chi connectivity index (χ1) is 12.4. The van der Waals surface area contributed by atoms with Crippen LogP contribution in [0.1, 0.15) is 46.5 Å². The number of ether oxygens (including phenoxy) is 2. The maximum Gasteiger partial charge on any atom is 0.343 e. The van der Waals surface area contributed by atoms with Gasteiger partial charge in [0.15, 0.2) is 11.4 Å². The Morgan fingerprint density at radius 2 is 2.12 bits per heavy atom. The molecule has 5 nitrogen and oxygen atoms in total. The number of rotatable bonds is 6. The SMILES string of the molecule is C/C=C/C1=CC2=CC3=C(C(=O)CCCCC)C(=O)O[C@@]3(C)[C@@H](O)C2=CO1. The average molecular weight is 356 g/mol. The first-order valence-electron chi connectivity index (χ1n) is 9.05. The zero-order valence-electron chi connectivity index (χ0n) is 15.4. The molecular weight excluding hydrogens is 332 g/mol. The Balaban J connectivity index is 2.05. The number of unbranched alkanes of at least 4 members (excludes halogenated alkanes) is 2. The Kier molecular flexibility index (Phi) is 5.01. The number of carbonyl (C=O) groups is 2. The molecule has 1 N–H and O–H groups in total. The predicted octanol–water partition coefficient (Wildman–Crippen LogP) is 3.42. The van der Waals surface area contributed by atoms with Crippen LogP contribution >= 0.6 is 0 Å². The third-order valence-corrected chi connectivity index (χ3v) is 5.00. The molecule has 0 aromatic carbocycles. The molecule has 1 aliphatic carbocycles. The highest BCUT2D eigenvalue weighted by Gasteiger charge is 2.53. The van der Waals surface area contributed by atoms with E-state index in [0.717, 1.165) is 24.8 Å². The van der Waals surface area contributed by atoms with Crippen LogP contribution in [0.5, 0.6) is 0 Å². The molecule has 0 aromatic rings. The number of aliphatic hydroxyl groups excluding tert-OH is 1. The molecule has 2 heterocycles. The Morgan fingerprint density at radius 3 is 2.81 bits per heavy atom. The first-order valence-corrected chi connectivity index (χ1v) is 9.05. The fraction of sp³-hybridized carbons (Fsp3) is 0.429. The quantitative estimate of drug-likeness (QED) is 0.448. The number of Topliss-reactive ketones (excluding diaryl/α,β-unsaturated/α-hetero) is 1. The zero-order chi connectivity index (χ0) is 18.9. The summed E-state index contributed by atoms with van der Waals surface area (Å²) in [6, 6.07) is 0. The maximum atomic E-state index is 12.6. The Bertz CT molecular complexity index is 793. The van der Waals surface area contributed by atoms with Crippen LogP contribution in [-0.2, 0) is 19.1 Å². The van der Waals surface area contributed by atoms with E-state index in [0.29, 0.717) is 23.3 Å². The number of carbonyl (C=O) groups excluding carboxylic acids is 2. The second kappa shape index (κ2) is 7.08. The van der Waals surface area contributed by atoms with Crippen LogP contribution in [0.3, 0.4) is 0 Å². The molecule has 3 aliphatic rings. The van der Waals surface area contributed by atoms with E-state index in [1.807, 2.05) is 13.0 Å². The lowest BCUT2D eigenvalue weighted by molar-refractivity contribution is -0.152. The van der Waals surface area contributed by atoms with Crippen molar-refractivity contribution in [3.8, 4) is 0 Å². The number of hydrogen-bond donors (Lipinski definition) is 1. The summed E-state index contributed by atoms with van der Waals surface area (Å²) in [7, 11) is 0. The van der Waals surface area contributed by atoms with Crippen LogP contribution in [0.2, 0.25) is 0 Å². The van der Waals surface area contributed by atoms with Gasteiger partial charge in [-0.3, -0.25) is 4.79 Å². The van der Waals surface area contributed by atoms with Crippen LogP contribution in [0, 0.1) is 0 Å². The molecule has 0 aromatic heterocycles. The number of ketones is 1. The summed E-state index contributed by atoms with van der Waals surface area (Å²) in [5, 5.41) is 10.8. The Morgan fingerprint density at radius 1 is 1.35 bits per heavy atom. The van der Waals surface area contributed by atoms with Gasteiger partial charge >= 0.3 is 5.97 Å². The molecule has 0 amide bonds. The number of esters is 1. The monoisotopic (exact) mass is 356 g/mol. The molecule has 138 valence electrons. The van der Waals surface area contributed by atoms with Crippen molar-refractivity contribution in [3.63, 3.8) is 0 Å². The lowest BCUT2D eigenvalue weighted by Gasteiger charge is -2.37. The molecule has 0 spiro atoms. The standard InChI is InChI=1S/C21H24O5/c1-4-6-7-9-17(22)18-16-11-13-10-14(8-5-2)25-12-15(13)19(23)21(16,3)26-20(18)24/h5,8,10-12,19,23H,4,6-7,9H2,1-3H3/b8-5+/t19-,21+/m0/s1. The van der Waals surface area contributed by atoms with Crippen LogP contribution in [0.15, 0.2) is 58.6 Å². The minimum absolute atomic E-state index is 0.0710. The van der Waals surface area contributed by atoms with Crippen LogP contribution < -0.4 is 0 Å². The van der Waals surface area contributed by atoms with Gasteiger partial charge in [-0.25, -0.2) is 4.79 Å². The molecule has 2 atom stereocenters. The summed E-state index contributed by atoms with van der Waals surface area (Å²) in [4.78, 5) is 25.0. The maximum absolute atomic E-state index is 12.6. The van der Waals surface area contributed by atoms with Gasteiger partial charge in [-0.1, -0.05) is 25.8 Å². The van der Waals surface area contributed by atoms with E-state index in [1.165, 1.54) is 6.26 Å². The number of fused-ring (bicyclic) bond motifs is 2. The van der Waals surface area contributed by atoms with Crippen molar-refractivity contribution in [2.24, 2.45) is 0 Å². The van der Waals surface area contributed by atoms with E-state index in [1.54, 1.807) is 25.2 Å². The smallest absolute Gasteiger partial charge is 0.343 e. The van der Waals surface area contributed by atoms with Crippen LogP contribution in [0.4, 0.5) is 0 Å². The first kappa shape index (κ1) is 18.4. The van der Waals surface area contributed by atoms with Gasteiger partial charge in [0.05, 0.1) is 6.26 Å². The summed E-state index contributed by atoms with van der Waals surface area (Å²) >= 11 is 0. The van der Waals surface area contributed by atoms with Crippen molar-refractivity contribution in [2.45, 2.75) is 58.2 Å². The van der Waals surface area contributed by atoms with Gasteiger partial charge in [0, 0.05) is 17.6 Å². The van der Waals surface area contributed by atoms with Crippen molar-refractivity contribution in [1.29, 1.82) is 0 Å². The van der Waals surface area contributed by atoms with Gasteiger partial charge in [-0.2, -0.15) is 0 Å². The molecule has 3 rings (SSSR count). The topological polar surface area (TPSA) is 72.8 Å². The highest BCUT2D eigenvalue weighted by Crippen LogP contribution is 2.46. The van der Waals surface area contributed by atoms with Gasteiger partial charge in [0.2, 0.25) is 0 Å². The average Bonchev–Trinajstić information content (AvgIpc) is 2.86. The molecule has 0 radical (unpaired) electrons. The Labute approximate surface area is 153 Å². The van der Waals surface area contributed by atoms with Gasteiger partial charge in [0.1, 0.15) is 17.4 Å². The lowest BCUT2D eigenvalue weighted by atomic mass is 9.75. The van der Waals surface area contributed by atoms with Crippen molar-refractivity contribution < 1.29 is 24.2 Å². The highest BCUT2D eigenvalue weighted by atomic mass is 16.6. The third-order valence-electron chi connectivity index (χ3n) is 5.00. The van der Waals surface area contributed by atoms with Crippen LogP contribution in [0.25, 0.3) is 0 Å². The molecule has 2 aliphatic heterocycles. The minimum Gasteiger partial charge on any atom is -0.465 e. The number of hydrogen-bond acceptors (Lipinski definition) is 5. The molecule has 26 heavy (non-hydrogen) atoms. The lowest BCUT2D eigenvalue weighted by Crippen LogP contribution is -2.45. The molecule has 0 saturated heterocycles. The summed E-state index contributed by atoms with van der Waals surface area (Å²) in [6.45, 7) is 5.57. The van der Waals surface area contributed by atoms with Crippen LogP contribution in [-0.4, -0.2) is 28.6 Å². The minimum atomic E-state index is -1.27. The van der Waals surface area contributed by atoms with Gasteiger partial charge in [-0.05, 0) is 44.1 Å². The molecule has 0 unspecified atom stereocenters. The van der Waals surface area contributed by atoms with Gasteiger partial charge in [0.25, 0.3) is 0 Å². The summed E-state index contributed by atoms with van der Waals surface area (Å²) in [5.41, 5.74) is 0.527. The van der Waals surface area contributed by atoms with E-state index >= 15 is 0 Å². The summed E-state index contributed by atoms with van der Waals surface area (Å²) in [5.74, 6) is -0.249. The van der Waals surface area contributed by atoms with E-state index in [9.17, 15) is 14.7 Å². The zero-order valence-corrected chi connectivity index (χ0v) is 15.4. The van der Waals surface area contributed by atoms with Gasteiger partial charge < -0.3 is 14.6 Å². The fourth-order valence-electron chi connectivity index (χ4n) is 3.52.